The Morgan fingerprint density at radius 1 is 1.09 bits per heavy atom. The first-order valence-electron chi connectivity index (χ1n) is 10.2. The Kier molecular flexibility index (Phi) is 6.51. The number of carbonyl (C=O) groups excluding carboxylic acids is 3. The molecular weight excluding hydrogens is 424 g/mol. The zero-order valence-electron chi connectivity index (χ0n) is 17.5. The van der Waals surface area contributed by atoms with Crippen LogP contribution in [0.4, 0.5) is 4.79 Å². The largest absolute Gasteiger partial charge is 0.350 e. The molecule has 2 heterocycles. The van der Waals surface area contributed by atoms with Gasteiger partial charge >= 0.3 is 0 Å². The highest BCUT2D eigenvalue weighted by molar-refractivity contribution is 8.18. The van der Waals surface area contributed by atoms with Crippen molar-refractivity contribution in [2.75, 3.05) is 13.1 Å². The minimum absolute atomic E-state index is 0.111. The molecule has 3 aromatic rings. The van der Waals surface area contributed by atoms with Crippen LogP contribution < -0.4 is 5.32 Å². The molecule has 1 fully saturated rings. The summed E-state index contributed by atoms with van der Waals surface area (Å²) < 4.78 is 1.69. The number of nitrogens with zero attached hydrogens (tertiary/aromatic N) is 3. The highest BCUT2D eigenvalue weighted by Gasteiger charge is 2.34. The van der Waals surface area contributed by atoms with Gasteiger partial charge in [-0.1, -0.05) is 60.2 Å². The number of aromatic nitrogens is 2. The number of imide groups is 1. The van der Waals surface area contributed by atoms with Crippen molar-refractivity contribution in [1.82, 2.24) is 20.0 Å². The minimum atomic E-state index is -0.342. The Morgan fingerprint density at radius 3 is 2.59 bits per heavy atom. The summed E-state index contributed by atoms with van der Waals surface area (Å²) in [6.45, 7) is 2.83. The van der Waals surface area contributed by atoms with E-state index < -0.39 is 0 Å². The molecule has 0 aliphatic carbocycles. The predicted molar refractivity (Wildman–Crippen MR) is 124 cm³/mol. The number of carbonyl (C=O) groups is 3. The predicted octanol–water partition coefficient (Wildman–Crippen LogP) is 3.71. The van der Waals surface area contributed by atoms with E-state index in [-0.39, 0.29) is 30.1 Å². The number of nitrogens with one attached hydrogen (secondary N) is 1. The molecule has 4 rings (SSSR count). The van der Waals surface area contributed by atoms with Gasteiger partial charge in [-0.25, -0.2) is 0 Å². The van der Waals surface area contributed by atoms with Gasteiger partial charge in [0.05, 0.1) is 23.2 Å². The number of rotatable bonds is 7. The summed E-state index contributed by atoms with van der Waals surface area (Å²) in [5, 5.41) is 6.64. The van der Waals surface area contributed by atoms with E-state index in [2.05, 4.69) is 10.4 Å². The molecule has 0 saturated carbocycles. The third kappa shape index (κ3) is 5.15. The van der Waals surface area contributed by atoms with Crippen LogP contribution in [-0.2, 0) is 11.3 Å². The van der Waals surface area contributed by atoms with Crippen LogP contribution >= 0.6 is 11.8 Å². The van der Waals surface area contributed by atoms with Crippen LogP contribution in [0, 0.1) is 6.92 Å². The standard InChI is InChI=1S/C24H22N4O3S/c1-17-7-9-18(10-8-17)13-21-23(30)28(24(31)32-21)12-11-25-22(29)20-14-26-27(16-20)15-19-5-3-2-4-6-19/h2-10,13-14,16H,11-12,15H2,1H3,(H,25,29)/b21-13-. The van der Waals surface area contributed by atoms with E-state index in [0.717, 1.165) is 33.4 Å². The summed E-state index contributed by atoms with van der Waals surface area (Å²) in [6.07, 6.45) is 4.89. The Hall–Kier alpha value is -3.65. The van der Waals surface area contributed by atoms with E-state index >= 15 is 0 Å². The molecule has 1 aliphatic rings. The van der Waals surface area contributed by atoms with Crippen molar-refractivity contribution in [2.24, 2.45) is 0 Å². The highest BCUT2D eigenvalue weighted by Crippen LogP contribution is 2.31. The fourth-order valence-electron chi connectivity index (χ4n) is 3.23. The molecule has 2 aromatic carbocycles. The van der Waals surface area contributed by atoms with Crippen LogP contribution in [0.1, 0.15) is 27.0 Å². The van der Waals surface area contributed by atoms with Gasteiger partial charge in [-0.2, -0.15) is 5.10 Å². The average Bonchev–Trinajstić information content (AvgIpc) is 3.36. The molecule has 8 heteroatoms. The lowest BCUT2D eigenvalue weighted by Gasteiger charge is -2.12. The molecule has 0 atom stereocenters. The van der Waals surface area contributed by atoms with Crippen molar-refractivity contribution in [3.05, 3.63) is 94.1 Å². The van der Waals surface area contributed by atoms with E-state index in [4.69, 9.17) is 0 Å². The molecular formula is C24H22N4O3S. The number of thioether (sulfide) groups is 1. The van der Waals surface area contributed by atoms with Crippen LogP contribution in [0.5, 0.6) is 0 Å². The van der Waals surface area contributed by atoms with Crippen molar-refractivity contribution in [3.8, 4) is 0 Å². The van der Waals surface area contributed by atoms with Crippen LogP contribution in [0.3, 0.4) is 0 Å². The second kappa shape index (κ2) is 9.65. The lowest BCUT2D eigenvalue weighted by atomic mass is 10.1. The summed E-state index contributed by atoms with van der Waals surface area (Å²) in [7, 11) is 0. The van der Waals surface area contributed by atoms with Gasteiger partial charge < -0.3 is 5.32 Å². The third-order valence-electron chi connectivity index (χ3n) is 4.95. The lowest BCUT2D eigenvalue weighted by Crippen LogP contribution is -2.37. The molecule has 0 bridgehead atoms. The van der Waals surface area contributed by atoms with Gasteiger partial charge in [-0.05, 0) is 35.9 Å². The molecule has 3 amide bonds. The molecule has 162 valence electrons. The molecule has 32 heavy (non-hydrogen) atoms. The second-order valence-electron chi connectivity index (χ2n) is 7.41. The zero-order valence-corrected chi connectivity index (χ0v) is 18.3. The van der Waals surface area contributed by atoms with Gasteiger partial charge in [0.1, 0.15) is 0 Å². The van der Waals surface area contributed by atoms with Gasteiger partial charge in [-0.15, -0.1) is 0 Å². The summed E-state index contributed by atoms with van der Waals surface area (Å²) in [5.74, 6) is -0.642. The molecule has 1 N–H and O–H groups in total. The Balaban J connectivity index is 1.30. The quantitative estimate of drug-likeness (QED) is 0.560. The van der Waals surface area contributed by atoms with Crippen molar-refractivity contribution in [1.29, 1.82) is 0 Å². The summed E-state index contributed by atoms with van der Waals surface area (Å²) in [5.41, 5.74) is 3.49. The first kappa shape index (κ1) is 21.6. The van der Waals surface area contributed by atoms with Crippen molar-refractivity contribution in [2.45, 2.75) is 13.5 Å². The van der Waals surface area contributed by atoms with E-state index in [1.807, 2.05) is 61.5 Å². The van der Waals surface area contributed by atoms with Crippen LogP contribution in [0.15, 0.2) is 71.9 Å². The number of benzene rings is 2. The molecule has 1 aliphatic heterocycles. The van der Waals surface area contributed by atoms with Gasteiger partial charge in [0, 0.05) is 19.3 Å². The zero-order chi connectivity index (χ0) is 22.5. The maximum Gasteiger partial charge on any atom is 0.293 e. The Bertz CT molecular complexity index is 1170. The first-order valence-corrected chi connectivity index (χ1v) is 11.0. The Labute approximate surface area is 190 Å². The second-order valence-corrected chi connectivity index (χ2v) is 8.41. The number of hydrogen-bond acceptors (Lipinski definition) is 5. The van der Waals surface area contributed by atoms with Gasteiger partial charge in [0.2, 0.25) is 0 Å². The molecule has 0 spiro atoms. The van der Waals surface area contributed by atoms with Gasteiger partial charge in [-0.3, -0.25) is 24.0 Å². The summed E-state index contributed by atoms with van der Waals surface area (Å²) >= 11 is 0.913. The molecule has 0 unspecified atom stereocenters. The van der Waals surface area contributed by atoms with Crippen LogP contribution in [-0.4, -0.2) is 44.8 Å². The van der Waals surface area contributed by atoms with E-state index in [0.29, 0.717) is 17.0 Å². The first-order chi connectivity index (χ1) is 15.5. The van der Waals surface area contributed by atoms with Crippen LogP contribution in [0.25, 0.3) is 6.08 Å². The smallest absolute Gasteiger partial charge is 0.293 e. The van der Waals surface area contributed by atoms with E-state index in [1.54, 1.807) is 17.0 Å². The number of aryl methyl sites for hydroxylation is 1. The SMILES string of the molecule is Cc1ccc(/C=C2\SC(=O)N(CCNC(=O)c3cnn(Cc4ccccc4)c3)C2=O)cc1. The fraction of sp³-hybridized carbons (Fsp3) is 0.167. The topological polar surface area (TPSA) is 84.3 Å². The van der Waals surface area contributed by atoms with E-state index in [9.17, 15) is 14.4 Å². The number of amides is 3. The minimum Gasteiger partial charge on any atom is -0.350 e. The maximum atomic E-state index is 12.6. The van der Waals surface area contributed by atoms with Crippen LogP contribution in [0.2, 0.25) is 0 Å². The molecule has 7 nitrogen and oxygen atoms in total. The molecule has 1 aromatic heterocycles. The maximum absolute atomic E-state index is 12.6. The van der Waals surface area contributed by atoms with Gasteiger partial charge in [0.25, 0.3) is 17.1 Å². The van der Waals surface area contributed by atoms with Crippen molar-refractivity contribution in [3.63, 3.8) is 0 Å². The fourth-order valence-corrected chi connectivity index (χ4v) is 4.09. The normalized spacial score (nSPS) is 14.9. The van der Waals surface area contributed by atoms with Gasteiger partial charge in [0.15, 0.2) is 0 Å². The monoisotopic (exact) mass is 446 g/mol. The van der Waals surface area contributed by atoms with E-state index in [1.165, 1.54) is 6.20 Å². The lowest BCUT2D eigenvalue weighted by molar-refractivity contribution is -0.122. The average molecular weight is 447 g/mol. The van der Waals surface area contributed by atoms with Crippen molar-refractivity contribution < 1.29 is 14.4 Å². The van der Waals surface area contributed by atoms with Crippen molar-refractivity contribution >= 4 is 34.9 Å². The summed E-state index contributed by atoms with van der Waals surface area (Å²) in [6, 6.07) is 17.5. The third-order valence-corrected chi connectivity index (χ3v) is 5.86. The highest BCUT2D eigenvalue weighted by atomic mass is 32.2. The Morgan fingerprint density at radius 2 is 1.84 bits per heavy atom. The molecule has 1 saturated heterocycles. The molecule has 0 radical (unpaired) electrons. The summed E-state index contributed by atoms with van der Waals surface area (Å²) in [4.78, 5) is 38.8. The number of hydrogen-bond donors (Lipinski definition) is 1.